The number of halogens is 1. The van der Waals surface area contributed by atoms with Crippen molar-refractivity contribution >= 4 is 27.4 Å². The minimum absolute atomic E-state index is 0.00642. The maximum atomic E-state index is 12.3. The molecule has 21 heavy (non-hydrogen) atoms. The number of Topliss-reactive ketones (excluding diaryl/α,β-unsaturated/α-hetero) is 1. The summed E-state index contributed by atoms with van der Waals surface area (Å²) in [6.07, 6.45) is 7.70. The van der Waals surface area contributed by atoms with Crippen molar-refractivity contribution in [1.82, 2.24) is 0 Å². The summed E-state index contributed by atoms with van der Waals surface area (Å²) in [7, 11) is 0. The van der Waals surface area contributed by atoms with E-state index in [0.717, 1.165) is 25.7 Å². The molecule has 0 radical (unpaired) electrons. The molecule has 2 rings (SSSR count). The zero-order valence-corrected chi connectivity index (χ0v) is 13.5. The molecule has 0 amide bonds. The molecule has 4 heteroatoms. The highest BCUT2D eigenvalue weighted by Crippen LogP contribution is 2.16. The van der Waals surface area contributed by atoms with Crippen LogP contribution in [0.2, 0.25) is 0 Å². The lowest BCUT2D eigenvalue weighted by molar-refractivity contribution is -0.113. The number of hydrogen-bond donors (Lipinski definition) is 1. The number of nitrogens with two attached hydrogens (primary N) is 1. The third-order valence-corrected chi connectivity index (χ3v) is 3.81. The summed E-state index contributed by atoms with van der Waals surface area (Å²) in [5.41, 5.74) is 8.07. The molecular formula is C17H19BrN2O. The normalized spacial score (nSPS) is 17.9. The Bertz CT molecular complexity index is 588. The Labute approximate surface area is 133 Å². The van der Waals surface area contributed by atoms with Crippen LogP contribution in [-0.2, 0) is 11.2 Å². The molecule has 1 aromatic carbocycles. The van der Waals surface area contributed by atoms with E-state index in [1.54, 1.807) is 0 Å². The van der Waals surface area contributed by atoms with Gasteiger partial charge in [0.05, 0.1) is 5.70 Å². The van der Waals surface area contributed by atoms with E-state index in [0.29, 0.717) is 22.4 Å². The summed E-state index contributed by atoms with van der Waals surface area (Å²) in [4.78, 5) is 16.6. The first kappa shape index (κ1) is 15.7. The molecule has 0 aromatic heterocycles. The van der Waals surface area contributed by atoms with Gasteiger partial charge in [0.15, 0.2) is 5.78 Å². The number of benzene rings is 1. The van der Waals surface area contributed by atoms with Crippen molar-refractivity contribution < 1.29 is 4.79 Å². The third kappa shape index (κ3) is 4.97. The number of carbonyl (C=O) groups is 1. The lowest BCUT2D eigenvalue weighted by atomic mass is 10.0. The Morgan fingerprint density at radius 2 is 1.90 bits per heavy atom. The number of ketones is 1. The molecule has 0 saturated carbocycles. The minimum Gasteiger partial charge on any atom is -0.397 e. The van der Waals surface area contributed by atoms with E-state index in [9.17, 15) is 4.79 Å². The predicted molar refractivity (Wildman–Crippen MR) is 90.3 cm³/mol. The number of rotatable bonds is 5. The van der Waals surface area contributed by atoms with Gasteiger partial charge in [-0.05, 0) is 47.2 Å². The highest BCUT2D eigenvalue weighted by molar-refractivity contribution is 9.11. The van der Waals surface area contributed by atoms with Crippen LogP contribution in [0.3, 0.4) is 0 Å². The second-order valence-electron chi connectivity index (χ2n) is 4.99. The molecule has 0 bridgehead atoms. The fraction of sp³-hybridized carbons (Fsp3) is 0.294. The van der Waals surface area contributed by atoms with Crippen LogP contribution in [-0.4, -0.2) is 11.5 Å². The molecule has 0 fully saturated rings. The summed E-state index contributed by atoms with van der Waals surface area (Å²) in [5, 5.41) is 0. The van der Waals surface area contributed by atoms with Crippen LogP contribution in [0.1, 0.15) is 31.2 Å². The quantitative estimate of drug-likeness (QED) is 0.822. The van der Waals surface area contributed by atoms with Crippen molar-refractivity contribution in [3.63, 3.8) is 0 Å². The fourth-order valence-electron chi connectivity index (χ4n) is 2.19. The number of aryl methyl sites for hydroxylation is 1. The van der Waals surface area contributed by atoms with E-state index in [-0.39, 0.29) is 5.78 Å². The van der Waals surface area contributed by atoms with E-state index in [1.165, 1.54) is 5.56 Å². The molecule has 110 valence electrons. The Morgan fingerprint density at radius 3 is 2.67 bits per heavy atom. The first-order valence-electron chi connectivity index (χ1n) is 7.14. The van der Waals surface area contributed by atoms with Crippen molar-refractivity contribution in [3.8, 4) is 0 Å². The van der Waals surface area contributed by atoms with Gasteiger partial charge in [0, 0.05) is 6.42 Å². The number of hydrogen-bond acceptors (Lipinski definition) is 3. The largest absolute Gasteiger partial charge is 0.397 e. The maximum Gasteiger partial charge on any atom is 0.183 e. The first-order valence-corrected chi connectivity index (χ1v) is 7.93. The van der Waals surface area contributed by atoms with Crippen molar-refractivity contribution in [2.75, 3.05) is 0 Å². The molecule has 0 aliphatic carbocycles. The van der Waals surface area contributed by atoms with Gasteiger partial charge >= 0.3 is 0 Å². The molecule has 2 N–H and O–H groups in total. The fourth-order valence-corrected chi connectivity index (χ4v) is 2.60. The van der Waals surface area contributed by atoms with Crippen LogP contribution in [0.4, 0.5) is 0 Å². The van der Waals surface area contributed by atoms with E-state index in [1.807, 2.05) is 30.4 Å². The minimum atomic E-state index is 0.00642. The third-order valence-electron chi connectivity index (χ3n) is 3.31. The zero-order chi connectivity index (χ0) is 15.1. The monoisotopic (exact) mass is 346 g/mol. The van der Waals surface area contributed by atoms with E-state index < -0.39 is 0 Å². The Hall–Kier alpha value is -1.68. The lowest BCUT2D eigenvalue weighted by Crippen LogP contribution is -2.22. The molecule has 0 saturated heterocycles. The molecule has 1 aliphatic heterocycles. The van der Waals surface area contributed by atoms with Gasteiger partial charge in [0.2, 0.25) is 0 Å². The highest BCUT2D eigenvalue weighted by Gasteiger charge is 2.15. The maximum absolute atomic E-state index is 12.3. The second-order valence-corrected chi connectivity index (χ2v) is 5.80. The summed E-state index contributed by atoms with van der Waals surface area (Å²) in [6.45, 7) is 0. The topological polar surface area (TPSA) is 55.4 Å². The predicted octanol–water partition coefficient (Wildman–Crippen LogP) is 3.89. The average Bonchev–Trinajstić information content (AvgIpc) is 2.48. The van der Waals surface area contributed by atoms with Crippen molar-refractivity contribution in [3.05, 3.63) is 58.4 Å². The number of aliphatic imine (C=N–C) groups is 1. The van der Waals surface area contributed by atoms with Crippen LogP contribution in [0, 0.1) is 0 Å². The molecular weight excluding hydrogens is 328 g/mol. The zero-order valence-electron chi connectivity index (χ0n) is 11.9. The van der Waals surface area contributed by atoms with Gasteiger partial charge in [0.25, 0.3) is 0 Å². The summed E-state index contributed by atoms with van der Waals surface area (Å²) >= 11 is 3.35. The number of allylic oxidation sites excluding steroid dienone is 3. The van der Waals surface area contributed by atoms with Gasteiger partial charge in [-0.3, -0.25) is 4.79 Å². The standard InChI is InChI=1S/C17H19BrN2O/c18-16-12-5-4-10-14(19)17(20-16)15(21)11-6-9-13-7-2-1-3-8-13/h1-3,7-8,10,12H,4-6,9,11,19H2/b14-10?,16-12+,20-17?. The van der Waals surface area contributed by atoms with Crippen LogP contribution < -0.4 is 5.73 Å². The Kier molecular flexibility index (Phi) is 5.93. The van der Waals surface area contributed by atoms with Gasteiger partial charge in [-0.2, -0.15) is 0 Å². The van der Waals surface area contributed by atoms with Crippen LogP contribution >= 0.6 is 15.9 Å². The Balaban J connectivity index is 1.97. The summed E-state index contributed by atoms with van der Waals surface area (Å²) in [5.74, 6) is 0.00642. The second kappa shape index (κ2) is 7.93. The molecule has 0 unspecified atom stereocenters. The van der Waals surface area contributed by atoms with Crippen LogP contribution in [0.5, 0.6) is 0 Å². The van der Waals surface area contributed by atoms with Gasteiger partial charge < -0.3 is 5.73 Å². The highest BCUT2D eigenvalue weighted by atomic mass is 79.9. The summed E-state index contributed by atoms with van der Waals surface area (Å²) < 4.78 is 0.685. The van der Waals surface area contributed by atoms with E-state index in [4.69, 9.17) is 5.73 Å². The van der Waals surface area contributed by atoms with Gasteiger partial charge in [-0.25, -0.2) is 4.99 Å². The number of carbonyl (C=O) groups excluding carboxylic acids is 1. The van der Waals surface area contributed by atoms with E-state index >= 15 is 0 Å². The number of nitrogens with zero attached hydrogens (tertiary/aromatic N) is 1. The molecule has 3 nitrogen and oxygen atoms in total. The molecule has 1 heterocycles. The smallest absolute Gasteiger partial charge is 0.183 e. The van der Waals surface area contributed by atoms with E-state index in [2.05, 4.69) is 33.1 Å². The molecule has 0 atom stereocenters. The van der Waals surface area contributed by atoms with Crippen LogP contribution in [0.25, 0.3) is 0 Å². The van der Waals surface area contributed by atoms with Crippen molar-refractivity contribution in [1.29, 1.82) is 0 Å². The van der Waals surface area contributed by atoms with Gasteiger partial charge in [-0.15, -0.1) is 0 Å². The molecule has 1 aliphatic rings. The van der Waals surface area contributed by atoms with Crippen LogP contribution in [0.15, 0.2) is 57.8 Å². The SMILES string of the molecule is NC1=CCC/C=C(\Br)N=C1C(=O)CCCc1ccccc1. The average molecular weight is 347 g/mol. The van der Waals surface area contributed by atoms with Crippen molar-refractivity contribution in [2.24, 2.45) is 10.7 Å². The molecule has 0 spiro atoms. The van der Waals surface area contributed by atoms with Gasteiger partial charge in [0.1, 0.15) is 10.3 Å². The molecule has 1 aromatic rings. The Morgan fingerprint density at radius 1 is 1.19 bits per heavy atom. The summed E-state index contributed by atoms with van der Waals surface area (Å²) in [6, 6.07) is 10.2. The van der Waals surface area contributed by atoms with Gasteiger partial charge in [-0.1, -0.05) is 42.5 Å². The van der Waals surface area contributed by atoms with Crippen molar-refractivity contribution in [2.45, 2.75) is 32.1 Å². The lowest BCUT2D eigenvalue weighted by Gasteiger charge is -2.08. The first-order chi connectivity index (χ1) is 10.2.